The predicted molar refractivity (Wildman–Crippen MR) is 158 cm³/mol. The molecule has 0 heterocycles. The van der Waals surface area contributed by atoms with Crippen molar-refractivity contribution in [2.75, 3.05) is 0 Å². The van der Waals surface area contributed by atoms with Crippen LogP contribution < -0.4 is 23.7 Å². The van der Waals surface area contributed by atoms with Crippen molar-refractivity contribution >= 4 is 48.0 Å². The number of ether oxygens (including phenoxy) is 6. The molecule has 0 saturated heterocycles. The number of carbonyl (C=O) groups excluding carboxylic acids is 6. The first kappa shape index (κ1) is 33.5. The van der Waals surface area contributed by atoms with Crippen LogP contribution in [0.4, 0.5) is 0 Å². The lowest BCUT2D eigenvalue weighted by Crippen LogP contribution is -2.07. The molecule has 45 heavy (non-hydrogen) atoms. The van der Waals surface area contributed by atoms with Crippen LogP contribution in [0.1, 0.15) is 44.4 Å². The van der Waals surface area contributed by atoms with Gasteiger partial charge in [-0.3, -0.25) is 19.2 Å². The summed E-state index contributed by atoms with van der Waals surface area (Å²) in [6.07, 6.45) is 5.22. The smallest absolute Gasteiger partial charge is 0.336 e. The summed E-state index contributed by atoms with van der Waals surface area (Å²) in [6, 6.07) is 15.1. The van der Waals surface area contributed by atoms with E-state index in [4.69, 9.17) is 28.4 Å². The van der Waals surface area contributed by atoms with Crippen LogP contribution in [0.15, 0.2) is 72.8 Å². The van der Waals surface area contributed by atoms with Crippen molar-refractivity contribution in [3.63, 3.8) is 0 Å². The highest BCUT2D eigenvalue weighted by molar-refractivity contribution is 5.89. The molecule has 3 rings (SSSR count). The summed E-state index contributed by atoms with van der Waals surface area (Å²) in [7, 11) is 0. The first-order valence-corrected chi connectivity index (χ1v) is 13.2. The number of benzene rings is 3. The van der Waals surface area contributed by atoms with Gasteiger partial charge in [-0.25, -0.2) is 9.59 Å². The molecular formula is C33H28O12. The maximum Gasteiger partial charge on any atom is 0.336 e. The van der Waals surface area contributed by atoms with E-state index in [0.717, 1.165) is 0 Å². The second-order valence-corrected chi connectivity index (χ2v) is 9.13. The van der Waals surface area contributed by atoms with Gasteiger partial charge in [-0.05, 0) is 65.2 Å². The van der Waals surface area contributed by atoms with Crippen molar-refractivity contribution in [3.8, 4) is 28.7 Å². The molecule has 3 aromatic rings. The molecule has 0 aliphatic carbocycles. The third-order valence-electron chi connectivity index (χ3n) is 5.30. The van der Waals surface area contributed by atoms with Gasteiger partial charge in [0.1, 0.15) is 12.4 Å². The Labute approximate surface area is 257 Å². The van der Waals surface area contributed by atoms with Gasteiger partial charge in [-0.15, -0.1) is 0 Å². The largest absolute Gasteiger partial charge is 0.458 e. The van der Waals surface area contributed by atoms with E-state index < -0.39 is 35.8 Å². The van der Waals surface area contributed by atoms with E-state index in [9.17, 15) is 28.8 Å². The van der Waals surface area contributed by atoms with Crippen LogP contribution in [0, 0.1) is 0 Å². The van der Waals surface area contributed by atoms with Gasteiger partial charge in [0, 0.05) is 39.8 Å². The molecule has 0 N–H and O–H groups in total. The van der Waals surface area contributed by atoms with E-state index in [1.54, 1.807) is 24.3 Å². The zero-order valence-electron chi connectivity index (χ0n) is 24.7. The van der Waals surface area contributed by atoms with E-state index in [0.29, 0.717) is 16.7 Å². The number of carbonyl (C=O) groups is 6. The molecule has 0 spiro atoms. The molecule has 0 bridgehead atoms. The zero-order chi connectivity index (χ0) is 32.9. The maximum atomic E-state index is 12.3. The molecule has 0 unspecified atom stereocenters. The van der Waals surface area contributed by atoms with Gasteiger partial charge >= 0.3 is 35.8 Å². The van der Waals surface area contributed by atoms with Crippen LogP contribution in [0.25, 0.3) is 12.2 Å². The molecule has 0 amide bonds. The van der Waals surface area contributed by atoms with E-state index in [1.165, 1.54) is 88.4 Å². The molecule has 0 aliphatic heterocycles. The Bertz CT molecular complexity index is 1670. The fraction of sp³-hybridized carbons (Fsp3) is 0.152. The van der Waals surface area contributed by atoms with Crippen molar-refractivity contribution in [1.29, 1.82) is 0 Å². The molecule has 0 aliphatic rings. The third kappa shape index (κ3) is 11.6. The zero-order valence-corrected chi connectivity index (χ0v) is 24.7. The molecule has 0 atom stereocenters. The Morgan fingerprint density at radius 1 is 0.511 bits per heavy atom. The summed E-state index contributed by atoms with van der Waals surface area (Å²) < 4.78 is 30.7. The minimum absolute atomic E-state index is 0.0170. The Morgan fingerprint density at radius 3 is 1.38 bits per heavy atom. The quantitative estimate of drug-likeness (QED) is 0.165. The van der Waals surface area contributed by atoms with Gasteiger partial charge < -0.3 is 28.4 Å². The van der Waals surface area contributed by atoms with Crippen molar-refractivity contribution in [2.24, 2.45) is 0 Å². The van der Waals surface area contributed by atoms with Gasteiger partial charge in [0.05, 0.1) is 0 Å². The molecule has 12 nitrogen and oxygen atoms in total. The summed E-state index contributed by atoms with van der Waals surface area (Å²) in [6.45, 7) is 4.76. The van der Waals surface area contributed by atoms with Crippen LogP contribution in [-0.4, -0.2) is 35.8 Å². The average Bonchev–Trinajstić information content (AvgIpc) is 2.96. The molecular weight excluding hydrogens is 588 g/mol. The Morgan fingerprint density at radius 2 is 0.933 bits per heavy atom. The molecule has 0 fully saturated rings. The van der Waals surface area contributed by atoms with Crippen molar-refractivity contribution in [3.05, 3.63) is 89.5 Å². The Kier molecular flexibility index (Phi) is 11.9. The minimum atomic E-state index is -0.685. The third-order valence-corrected chi connectivity index (χ3v) is 5.30. The molecule has 0 saturated carbocycles. The molecule has 232 valence electrons. The van der Waals surface area contributed by atoms with Crippen molar-refractivity contribution in [1.82, 2.24) is 0 Å². The molecule has 0 aromatic heterocycles. The highest BCUT2D eigenvalue weighted by Gasteiger charge is 2.12. The summed E-state index contributed by atoms with van der Waals surface area (Å²) in [5, 5.41) is 0. The number of hydrogen-bond donors (Lipinski definition) is 0. The highest BCUT2D eigenvalue weighted by atomic mass is 16.6. The second kappa shape index (κ2) is 16.0. The fourth-order valence-corrected chi connectivity index (χ4v) is 3.54. The average molecular weight is 617 g/mol. The lowest BCUT2D eigenvalue weighted by Gasteiger charge is -2.09. The summed E-state index contributed by atoms with van der Waals surface area (Å²) in [5.74, 6) is -3.33. The molecule has 12 heteroatoms. The van der Waals surface area contributed by atoms with E-state index in [1.807, 2.05) is 0 Å². The molecule has 3 aromatic carbocycles. The SMILES string of the molecule is CC(=O)Oc1ccc(/C=C/C(=O)OCc2ccc(OC(=O)/C=C/c3ccc(OC(C)=O)c(OC(C)=O)c3)cc2)cc1OC(C)=O. The summed E-state index contributed by atoms with van der Waals surface area (Å²) in [5.41, 5.74) is 1.60. The van der Waals surface area contributed by atoms with Crippen LogP contribution in [-0.2, 0) is 40.1 Å². The normalized spacial score (nSPS) is 10.7. The number of rotatable bonds is 11. The Balaban J connectivity index is 1.54. The van der Waals surface area contributed by atoms with Crippen molar-refractivity contribution in [2.45, 2.75) is 34.3 Å². The predicted octanol–water partition coefficient (Wildman–Crippen LogP) is 4.76. The van der Waals surface area contributed by atoms with Crippen LogP contribution >= 0.6 is 0 Å². The topological polar surface area (TPSA) is 158 Å². The first-order chi connectivity index (χ1) is 21.4. The van der Waals surface area contributed by atoms with Gasteiger partial charge in [-0.1, -0.05) is 24.3 Å². The first-order valence-electron chi connectivity index (χ1n) is 13.2. The fourth-order valence-electron chi connectivity index (χ4n) is 3.54. The second-order valence-electron chi connectivity index (χ2n) is 9.13. The lowest BCUT2D eigenvalue weighted by atomic mass is 10.2. The van der Waals surface area contributed by atoms with Crippen molar-refractivity contribution < 1.29 is 57.2 Å². The van der Waals surface area contributed by atoms with E-state index in [2.05, 4.69) is 0 Å². The van der Waals surface area contributed by atoms with Crippen LogP contribution in [0.2, 0.25) is 0 Å². The van der Waals surface area contributed by atoms with E-state index >= 15 is 0 Å². The Hall–Kier alpha value is -6.04. The van der Waals surface area contributed by atoms with Crippen LogP contribution in [0.5, 0.6) is 28.7 Å². The highest BCUT2D eigenvalue weighted by Crippen LogP contribution is 2.30. The van der Waals surface area contributed by atoms with Crippen LogP contribution in [0.3, 0.4) is 0 Å². The van der Waals surface area contributed by atoms with Gasteiger partial charge in [-0.2, -0.15) is 0 Å². The van der Waals surface area contributed by atoms with E-state index in [-0.39, 0.29) is 35.4 Å². The standard InChI is InChI=1S/C33H28O12/c1-20(34)41-28-13-7-24(17-30(28)43-22(3)36)9-15-32(38)40-19-26-5-11-27(12-6-26)45-33(39)16-10-25-8-14-29(42-21(2)35)31(18-25)44-23(4)37/h5-18H,19H2,1-4H3/b15-9+,16-10+. The van der Waals surface area contributed by atoms with Gasteiger partial charge in [0.2, 0.25) is 0 Å². The van der Waals surface area contributed by atoms with Gasteiger partial charge in [0.25, 0.3) is 0 Å². The number of esters is 6. The monoisotopic (exact) mass is 616 g/mol. The maximum absolute atomic E-state index is 12.3. The summed E-state index contributed by atoms with van der Waals surface area (Å²) >= 11 is 0. The molecule has 0 radical (unpaired) electrons. The van der Waals surface area contributed by atoms with Gasteiger partial charge in [0.15, 0.2) is 23.0 Å². The number of hydrogen-bond acceptors (Lipinski definition) is 12. The summed E-state index contributed by atoms with van der Waals surface area (Å²) in [4.78, 5) is 69.8. The minimum Gasteiger partial charge on any atom is -0.458 e. The lowest BCUT2D eigenvalue weighted by molar-refractivity contribution is -0.139.